The average Bonchev–Trinajstić information content (AvgIpc) is 2.46. The number of hydrogen-bond acceptors (Lipinski definition) is 7. The molecule has 1 aromatic heterocycles. The van der Waals surface area contributed by atoms with Crippen LogP contribution in [0, 0.1) is 16.0 Å². The van der Waals surface area contributed by atoms with Crippen LogP contribution in [0.3, 0.4) is 0 Å². The van der Waals surface area contributed by atoms with Crippen LogP contribution >= 0.6 is 0 Å². The number of nitrogens with zero attached hydrogens (tertiary/aromatic N) is 4. The monoisotopic (exact) mass is 281 g/mol. The molecule has 2 unspecified atom stereocenters. The molecular weight excluding hydrogens is 262 g/mol. The highest BCUT2D eigenvalue weighted by Gasteiger charge is 2.32. The summed E-state index contributed by atoms with van der Waals surface area (Å²) in [6.45, 7) is 3.39. The third-order valence-electron chi connectivity index (χ3n) is 3.76. The maximum atomic E-state index is 11.3. The molecule has 0 saturated carbocycles. The molecule has 1 fully saturated rings. The molecule has 0 spiro atoms. The molecule has 2 heterocycles. The maximum absolute atomic E-state index is 11.3. The molecule has 1 saturated heterocycles. The quantitative estimate of drug-likeness (QED) is 0.646. The van der Waals surface area contributed by atoms with Gasteiger partial charge in [-0.05, 0) is 12.3 Å². The van der Waals surface area contributed by atoms with E-state index in [1.807, 2.05) is 4.90 Å². The largest absolute Gasteiger partial charge is 0.476 e. The molecule has 110 valence electrons. The Morgan fingerprint density at radius 2 is 2.35 bits per heavy atom. The summed E-state index contributed by atoms with van der Waals surface area (Å²) in [6.07, 6.45) is 3.02. The lowest BCUT2D eigenvalue weighted by Gasteiger charge is -2.36. The molecule has 0 amide bonds. The molecule has 0 aliphatic carbocycles. The van der Waals surface area contributed by atoms with E-state index in [0.29, 0.717) is 24.8 Å². The number of hydrogen-bond donors (Lipinski definition) is 1. The fourth-order valence-electron chi connectivity index (χ4n) is 2.57. The Hall–Kier alpha value is -1.96. The minimum atomic E-state index is -0.496. The molecule has 0 radical (unpaired) electrons. The summed E-state index contributed by atoms with van der Waals surface area (Å²) in [5.41, 5.74) is 5.89. The number of anilines is 1. The van der Waals surface area contributed by atoms with E-state index in [1.54, 1.807) is 0 Å². The third kappa shape index (κ3) is 2.64. The van der Waals surface area contributed by atoms with E-state index in [1.165, 1.54) is 13.4 Å². The second kappa shape index (κ2) is 6.00. The van der Waals surface area contributed by atoms with E-state index in [0.717, 1.165) is 12.8 Å². The van der Waals surface area contributed by atoms with E-state index in [9.17, 15) is 10.1 Å². The molecule has 1 aromatic rings. The van der Waals surface area contributed by atoms with Gasteiger partial charge in [0.1, 0.15) is 6.33 Å². The molecule has 0 aromatic carbocycles. The Morgan fingerprint density at radius 1 is 1.60 bits per heavy atom. The van der Waals surface area contributed by atoms with Gasteiger partial charge in [-0.3, -0.25) is 10.1 Å². The normalized spacial score (nSPS) is 22.6. The fraction of sp³-hybridized carbons (Fsp3) is 0.667. The van der Waals surface area contributed by atoms with Crippen molar-refractivity contribution in [1.82, 2.24) is 9.97 Å². The van der Waals surface area contributed by atoms with Crippen molar-refractivity contribution in [2.45, 2.75) is 25.8 Å². The Bertz CT molecular complexity index is 496. The number of methoxy groups -OCH3 is 1. The first-order valence-electron chi connectivity index (χ1n) is 6.62. The number of nitrogens with two attached hydrogens (primary N) is 1. The molecule has 1 aliphatic rings. The zero-order valence-corrected chi connectivity index (χ0v) is 11.7. The molecular formula is C12H19N5O3. The van der Waals surface area contributed by atoms with Crippen LogP contribution in [0.4, 0.5) is 11.5 Å². The van der Waals surface area contributed by atoms with Crippen molar-refractivity contribution in [3.8, 4) is 5.88 Å². The average molecular weight is 281 g/mol. The van der Waals surface area contributed by atoms with Crippen molar-refractivity contribution in [3.63, 3.8) is 0 Å². The van der Waals surface area contributed by atoms with Gasteiger partial charge in [-0.2, -0.15) is 4.98 Å². The number of nitro groups is 1. The molecule has 2 rings (SSSR count). The van der Waals surface area contributed by atoms with Crippen LogP contribution in [-0.2, 0) is 0 Å². The van der Waals surface area contributed by atoms with Gasteiger partial charge in [0.05, 0.1) is 12.0 Å². The van der Waals surface area contributed by atoms with Gasteiger partial charge in [0.25, 0.3) is 5.88 Å². The molecule has 2 atom stereocenters. The van der Waals surface area contributed by atoms with Crippen molar-refractivity contribution < 1.29 is 9.66 Å². The number of aromatic nitrogens is 2. The Balaban J connectivity index is 2.35. The van der Waals surface area contributed by atoms with E-state index < -0.39 is 4.92 Å². The molecule has 8 heteroatoms. The highest BCUT2D eigenvalue weighted by molar-refractivity contribution is 5.63. The number of piperidine rings is 1. The zero-order valence-electron chi connectivity index (χ0n) is 11.7. The summed E-state index contributed by atoms with van der Waals surface area (Å²) in [5, 5.41) is 11.3. The summed E-state index contributed by atoms with van der Waals surface area (Å²) in [4.78, 5) is 20.5. The summed E-state index contributed by atoms with van der Waals surface area (Å²) in [5.74, 6) is 0.611. The summed E-state index contributed by atoms with van der Waals surface area (Å²) in [7, 11) is 1.36. The maximum Gasteiger partial charge on any atom is 0.372 e. The van der Waals surface area contributed by atoms with Crippen LogP contribution in [0.1, 0.15) is 19.8 Å². The lowest BCUT2D eigenvalue weighted by atomic mass is 9.91. The van der Waals surface area contributed by atoms with E-state index in [4.69, 9.17) is 10.5 Å². The van der Waals surface area contributed by atoms with Gasteiger partial charge in [-0.15, -0.1) is 0 Å². The van der Waals surface area contributed by atoms with E-state index in [-0.39, 0.29) is 17.6 Å². The van der Waals surface area contributed by atoms with Crippen molar-refractivity contribution >= 4 is 11.5 Å². The first kappa shape index (κ1) is 14.4. The Labute approximate surface area is 117 Å². The predicted molar refractivity (Wildman–Crippen MR) is 73.8 cm³/mol. The number of ether oxygens (including phenoxy) is 1. The van der Waals surface area contributed by atoms with E-state index in [2.05, 4.69) is 16.9 Å². The van der Waals surface area contributed by atoms with Crippen molar-refractivity contribution in [1.29, 1.82) is 0 Å². The lowest BCUT2D eigenvalue weighted by Crippen LogP contribution is -2.47. The summed E-state index contributed by atoms with van der Waals surface area (Å²) in [6, 6.07) is 0.138. The highest BCUT2D eigenvalue weighted by Crippen LogP contribution is 2.35. The Morgan fingerprint density at radius 3 is 2.95 bits per heavy atom. The minimum Gasteiger partial charge on any atom is -0.476 e. The second-order valence-corrected chi connectivity index (χ2v) is 4.88. The molecule has 1 aliphatic heterocycles. The van der Waals surface area contributed by atoms with Crippen LogP contribution in [-0.4, -0.2) is 41.1 Å². The van der Waals surface area contributed by atoms with Crippen LogP contribution in [0.2, 0.25) is 0 Å². The van der Waals surface area contributed by atoms with Crippen LogP contribution in [0.5, 0.6) is 5.88 Å². The van der Waals surface area contributed by atoms with Gasteiger partial charge in [0.15, 0.2) is 0 Å². The van der Waals surface area contributed by atoms with Gasteiger partial charge in [-0.25, -0.2) is 4.98 Å². The van der Waals surface area contributed by atoms with Crippen molar-refractivity contribution in [2.24, 2.45) is 11.7 Å². The zero-order chi connectivity index (χ0) is 14.7. The van der Waals surface area contributed by atoms with Crippen molar-refractivity contribution in [3.05, 3.63) is 16.4 Å². The van der Waals surface area contributed by atoms with Gasteiger partial charge in [0, 0.05) is 19.1 Å². The minimum absolute atomic E-state index is 0.0112. The second-order valence-electron chi connectivity index (χ2n) is 4.88. The smallest absolute Gasteiger partial charge is 0.372 e. The fourth-order valence-corrected chi connectivity index (χ4v) is 2.57. The molecule has 20 heavy (non-hydrogen) atoms. The van der Waals surface area contributed by atoms with Gasteiger partial charge in [0.2, 0.25) is 5.82 Å². The topological polar surface area (TPSA) is 107 Å². The number of rotatable bonds is 4. The Kier molecular flexibility index (Phi) is 4.33. The summed E-state index contributed by atoms with van der Waals surface area (Å²) < 4.78 is 4.97. The van der Waals surface area contributed by atoms with Crippen LogP contribution < -0.4 is 15.4 Å². The first-order valence-corrected chi connectivity index (χ1v) is 6.62. The van der Waals surface area contributed by atoms with E-state index >= 15 is 0 Å². The van der Waals surface area contributed by atoms with Crippen LogP contribution in [0.25, 0.3) is 0 Å². The highest BCUT2D eigenvalue weighted by atomic mass is 16.6. The standard InChI is InChI=1S/C12H19N5O3/c1-3-8-6-16(5-4-9(8)13)11-10(17(18)19)12(20-2)15-7-14-11/h7-9H,3-6,13H2,1-2H3. The van der Waals surface area contributed by atoms with Gasteiger partial charge < -0.3 is 15.4 Å². The van der Waals surface area contributed by atoms with Gasteiger partial charge in [-0.1, -0.05) is 13.3 Å². The first-order chi connectivity index (χ1) is 9.58. The van der Waals surface area contributed by atoms with Gasteiger partial charge >= 0.3 is 5.69 Å². The predicted octanol–water partition coefficient (Wildman–Crippen LogP) is 0.957. The van der Waals surface area contributed by atoms with Crippen molar-refractivity contribution in [2.75, 3.05) is 25.1 Å². The van der Waals surface area contributed by atoms with Crippen LogP contribution in [0.15, 0.2) is 6.33 Å². The summed E-state index contributed by atoms with van der Waals surface area (Å²) >= 11 is 0. The molecule has 0 bridgehead atoms. The molecule has 8 nitrogen and oxygen atoms in total. The third-order valence-corrected chi connectivity index (χ3v) is 3.76. The lowest BCUT2D eigenvalue weighted by molar-refractivity contribution is -0.385. The SMILES string of the molecule is CCC1CN(c2ncnc(OC)c2[N+](=O)[O-])CCC1N. The molecule has 2 N–H and O–H groups in total.